The summed E-state index contributed by atoms with van der Waals surface area (Å²) >= 11 is 0. The van der Waals surface area contributed by atoms with Crippen LogP contribution in [0.15, 0.2) is 0 Å². The first-order valence-corrected chi connectivity index (χ1v) is 5.95. The summed E-state index contributed by atoms with van der Waals surface area (Å²) in [5, 5.41) is 3.49. The van der Waals surface area contributed by atoms with Gasteiger partial charge in [-0.1, -0.05) is 6.92 Å². The van der Waals surface area contributed by atoms with Gasteiger partial charge in [0.1, 0.15) is 0 Å². The van der Waals surface area contributed by atoms with Gasteiger partial charge in [0.2, 0.25) is 5.91 Å². The van der Waals surface area contributed by atoms with Crippen molar-refractivity contribution in [3.63, 3.8) is 0 Å². The molecule has 1 amide bonds. The summed E-state index contributed by atoms with van der Waals surface area (Å²) in [4.78, 5) is 14.3. The first-order chi connectivity index (χ1) is 7.27. The van der Waals surface area contributed by atoms with Crippen LogP contribution in [0, 0.1) is 0 Å². The molecule has 4 nitrogen and oxygen atoms in total. The fourth-order valence-corrected chi connectivity index (χ4v) is 2.78. The van der Waals surface area contributed by atoms with Crippen LogP contribution < -0.4 is 5.32 Å². The highest BCUT2D eigenvalue weighted by atomic mass is 16.5. The van der Waals surface area contributed by atoms with Gasteiger partial charge in [-0.05, 0) is 25.7 Å². The van der Waals surface area contributed by atoms with Crippen molar-refractivity contribution in [1.82, 2.24) is 10.2 Å². The van der Waals surface area contributed by atoms with E-state index in [2.05, 4.69) is 17.1 Å². The lowest BCUT2D eigenvalue weighted by Crippen LogP contribution is -2.44. The normalized spacial score (nSPS) is 37.9. The number of hydrogen-bond donors (Lipinski definition) is 1. The fraction of sp³-hybridized carbons (Fsp3) is 0.909. The Morgan fingerprint density at radius 3 is 2.93 bits per heavy atom. The van der Waals surface area contributed by atoms with E-state index in [0.717, 1.165) is 38.9 Å². The molecule has 0 aromatic heterocycles. The number of hydrogen-bond acceptors (Lipinski definition) is 3. The summed E-state index contributed by atoms with van der Waals surface area (Å²) in [6.07, 6.45) is 4.27. The summed E-state index contributed by atoms with van der Waals surface area (Å²) in [7, 11) is 0. The third kappa shape index (κ3) is 1.31. The van der Waals surface area contributed by atoms with Crippen LogP contribution in [0.3, 0.4) is 0 Å². The van der Waals surface area contributed by atoms with Gasteiger partial charge in [0.25, 0.3) is 0 Å². The number of amides is 1. The van der Waals surface area contributed by atoms with Gasteiger partial charge in [-0.25, -0.2) is 0 Å². The summed E-state index contributed by atoms with van der Waals surface area (Å²) in [5.41, 5.74) is -0.163. The van der Waals surface area contributed by atoms with Gasteiger partial charge in [0, 0.05) is 6.61 Å². The molecule has 1 aliphatic carbocycles. The molecule has 3 rings (SSSR count). The van der Waals surface area contributed by atoms with Crippen LogP contribution in [-0.2, 0) is 9.53 Å². The van der Waals surface area contributed by atoms with Crippen LogP contribution in [0.5, 0.6) is 0 Å². The van der Waals surface area contributed by atoms with E-state index in [1.165, 1.54) is 0 Å². The minimum absolute atomic E-state index is 0.163. The quantitative estimate of drug-likeness (QED) is 0.720. The van der Waals surface area contributed by atoms with Crippen molar-refractivity contribution in [3.8, 4) is 0 Å². The van der Waals surface area contributed by atoms with E-state index < -0.39 is 0 Å². The topological polar surface area (TPSA) is 41.6 Å². The van der Waals surface area contributed by atoms with Crippen molar-refractivity contribution in [2.75, 3.05) is 13.2 Å². The highest BCUT2D eigenvalue weighted by Gasteiger charge is 2.59. The van der Waals surface area contributed by atoms with Gasteiger partial charge in [0.15, 0.2) is 0 Å². The minimum atomic E-state index is -0.163. The SMILES string of the molecule is CCC1NC2(CC2)C(=O)N1C1CCOC1. The van der Waals surface area contributed by atoms with E-state index in [9.17, 15) is 4.79 Å². The molecule has 1 saturated carbocycles. The van der Waals surface area contributed by atoms with Crippen molar-refractivity contribution >= 4 is 5.91 Å². The van der Waals surface area contributed by atoms with Gasteiger partial charge in [-0.2, -0.15) is 0 Å². The van der Waals surface area contributed by atoms with Gasteiger partial charge in [-0.3, -0.25) is 10.1 Å². The molecule has 4 heteroatoms. The Kier molecular flexibility index (Phi) is 2.04. The standard InChI is InChI=1S/C11H18N2O2/c1-2-9-12-11(4-5-11)10(14)13(9)8-3-6-15-7-8/h8-9,12H,2-7H2,1H3. The second-order valence-electron chi connectivity index (χ2n) is 4.88. The Bertz CT molecular complexity index is 282. The Morgan fingerprint density at radius 2 is 2.40 bits per heavy atom. The third-order valence-electron chi connectivity index (χ3n) is 3.86. The van der Waals surface area contributed by atoms with Crippen molar-refractivity contribution in [2.45, 2.75) is 50.4 Å². The summed E-state index contributed by atoms with van der Waals surface area (Å²) in [5.74, 6) is 0.324. The number of nitrogens with one attached hydrogen (secondary N) is 1. The Morgan fingerprint density at radius 1 is 1.60 bits per heavy atom. The van der Waals surface area contributed by atoms with Crippen LogP contribution in [-0.4, -0.2) is 41.8 Å². The molecule has 0 radical (unpaired) electrons. The molecule has 0 bridgehead atoms. The van der Waals surface area contributed by atoms with Crippen LogP contribution in [0.2, 0.25) is 0 Å². The van der Waals surface area contributed by atoms with E-state index >= 15 is 0 Å². The maximum absolute atomic E-state index is 12.3. The molecular weight excluding hydrogens is 192 g/mol. The zero-order chi connectivity index (χ0) is 10.5. The maximum Gasteiger partial charge on any atom is 0.244 e. The molecule has 2 aliphatic heterocycles. The molecule has 15 heavy (non-hydrogen) atoms. The zero-order valence-electron chi connectivity index (χ0n) is 9.16. The van der Waals surface area contributed by atoms with E-state index in [-0.39, 0.29) is 11.7 Å². The average Bonchev–Trinajstić information content (AvgIpc) is 2.71. The second kappa shape index (κ2) is 3.19. The first kappa shape index (κ1) is 9.60. The smallest absolute Gasteiger partial charge is 0.244 e. The Balaban J connectivity index is 1.81. The Labute approximate surface area is 90.0 Å². The average molecular weight is 210 g/mol. The molecule has 0 aromatic carbocycles. The van der Waals surface area contributed by atoms with Crippen molar-refractivity contribution < 1.29 is 9.53 Å². The maximum atomic E-state index is 12.3. The van der Waals surface area contributed by atoms with Gasteiger partial charge in [-0.15, -0.1) is 0 Å². The highest BCUT2D eigenvalue weighted by Crippen LogP contribution is 2.43. The predicted octanol–water partition coefficient (Wildman–Crippen LogP) is 0.476. The first-order valence-electron chi connectivity index (χ1n) is 5.95. The molecular formula is C11H18N2O2. The van der Waals surface area contributed by atoms with Crippen molar-refractivity contribution in [2.24, 2.45) is 0 Å². The second-order valence-corrected chi connectivity index (χ2v) is 4.88. The largest absolute Gasteiger partial charge is 0.379 e. The summed E-state index contributed by atoms with van der Waals surface area (Å²) < 4.78 is 5.38. The van der Waals surface area contributed by atoms with Gasteiger partial charge in [0.05, 0.1) is 24.4 Å². The molecule has 1 N–H and O–H groups in total. The number of rotatable bonds is 2. The molecule has 2 saturated heterocycles. The fourth-order valence-electron chi connectivity index (χ4n) is 2.78. The van der Waals surface area contributed by atoms with Gasteiger partial charge >= 0.3 is 0 Å². The minimum Gasteiger partial charge on any atom is -0.379 e. The zero-order valence-corrected chi connectivity index (χ0v) is 9.16. The van der Waals surface area contributed by atoms with Crippen LogP contribution in [0.4, 0.5) is 0 Å². The lowest BCUT2D eigenvalue weighted by molar-refractivity contribution is -0.133. The summed E-state index contributed by atoms with van der Waals surface area (Å²) in [6, 6.07) is 0.315. The Hall–Kier alpha value is -0.610. The number of ether oxygens (including phenoxy) is 1. The highest BCUT2D eigenvalue weighted by molar-refractivity contribution is 5.92. The van der Waals surface area contributed by atoms with E-state index in [1.54, 1.807) is 0 Å². The van der Waals surface area contributed by atoms with E-state index in [1.807, 2.05) is 0 Å². The number of carbonyl (C=O) groups excluding carboxylic acids is 1. The van der Waals surface area contributed by atoms with E-state index in [0.29, 0.717) is 11.9 Å². The van der Waals surface area contributed by atoms with Crippen molar-refractivity contribution in [1.29, 1.82) is 0 Å². The van der Waals surface area contributed by atoms with E-state index in [4.69, 9.17) is 4.74 Å². The summed E-state index contributed by atoms with van der Waals surface area (Å²) in [6.45, 7) is 3.66. The molecule has 3 fully saturated rings. The molecule has 2 unspecified atom stereocenters. The molecule has 84 valence electrons. The molecule has 1 spiro atoms. The van der Waals surface area contributed by atoms with Crippen molar-refractivity contribution in [3.05, 3.63) is 0 Å². The number of carbonyl (C=O) groups is 1. The van der Waals surface area contributed by atoms with Crippen LogP contribution in [0.25, 0.3) is 0 Å². The molecule has 0 aromatic rings. The predicted molar refractivity (Wildman–Crippen MR) is 55.2 cm³/mol. The van der Waals surface area contributed by atoms with Crippen LogP contribution in [0.1, 0.15) is 32.6 Å². The molecule has 2 atom stereocenters. The molecule has 3 aliphatic rings. The van der Waals surface area contributed by atoms with Crippen LogP contribution >= 0.6 is 0 Å². The lowest BCUT2D eigenvalue weighted by atomic mass is 10.2. The molecule has 2 heterocycles. The van der Waals surface area contributed by atoms with Gasteiger partial charge < -0.3 is 9.64 Å². The monoisotopic (exact) mass is 210 g/mol. The third-order valence-corrected chi connectivity index (χ3v) is 3.86. The lowest BCUT2D eigenvalue weighted by Gasteiger charge is -2.28. The number of nitrogens with zero attached hydrogens (tertiary/aromatic N) is 1.